The average molecular weight is 473 g/mol. The van der Waals surface area contributed by atoms with Gasteiger partial charge in [0.2, 0.25) is 5.91 Å². The molecule has 7 nitrogen and oxygen atoms in total. The molecule has 0 saturated carbocycles. The van der Waals surface area contributed by atoms with Crippen molar-refractivity contribution in [3.63, 3.8) is 0 Å². The van der Waals surface area contributed by atoms with Crippen molar-refractivity contribution >= 4 is 34.8 Å². The van der Waals surface area contributed by atoms with Crippen molar-refractivity contribution in [2.24, 2.45) is 0 Å². The van der Waals surface area contributed by atoms with E-state index in [2.05, 4.69) is 16.0 Å². The zero-order valence-corrected chi connectivity index (χ0v) is 20.6. The molecule has 7 heteroatoms. The number of hydrogen-bond donors (Lipinski definition) is 3. The fourth-order valence-electron chi connectivity index (χ4n) is 3.44. The number of anilines is 3. The smallest absolute Gasteiger partial charge is 0.258 e. The van der Waals surface area contributed by atoms with Crippen LogP contribution in [-0.2, 0) is 4.79 Å². The van der Waals surface area contributed by atoms with Gasteiger partial charge in [-0.05, 0) is 88.4 Å². The number of amides is 3. The number of nitrogens with zero attached hydrogens (tertiary/aromatic N) is 1. The lowest BCUT2D eigenvalue weighted by molar-refractivity contribution is -0.114. The summed E-state index contributed by atoms with van der Waals surface area (Å²) in [5.74, 6) is -0.467. The number of rotatable bonds is 8. The number of para-hydroxylation sites is 1. The van der Waals surface area contributed by atoms with Crippen molar-refractivity contribution in [1.29, 1.82) is 0 Å². The van der Waals surface area contributed by atoms with Gasteiger partial charge in [-0.2, -0.15) is 0 Å². The third-order valence-electron chi connectivity index (χ3n) is 5.13. The van der Waals surface area contributed by atoms with E-state index < -0.39 is 0 Å². The molecule has 3 aromatic rings. The summed E-state index contributed by atoms with van der Waals surface area (Å²) in [5, 5.41) is 8.78. The number of hydrogen-bond acceptors (Lipinski definition) is 4. The van der Waals surface area contributed by atoms with Gasteiger partial charge in [-0.15, -0.1) is 0 Å². The van der Waals surface area contributed by atoms with E-state index in [9.17, 15) is 14.4 Å². The minimum atomic E-state index is -0.311. The maximum atomic E-state index is 12.9. The molecule has 0 spiro atoms. The molecule has 0 saturated heterocycles. The van der Waals surface area contributed by atoms with Crippen LogP contribution in [-0.4, -0.2) is 36.3 Å². The maximum Gasteiger partial charge on any atom is 0.258 e. The quantitative estimate of drug-likeness (QED) is 0.433. The lowest BCUT2D eigenvalue weighted by Gasteiger charge is -2.21. The van der Waals surface area contributed by atoms with Crippen LogP contribution >= 0.6 is 0 Å². The van der Waals surface area contributed by atoms with Crippen LogP contribution in [0.3, 0.4) is 0 Å². The summed E-state index contributed by atoms with van der Waals surface area (Å²) in [6.07, 6.45) is 0. The second kappa shape index (κ2) is 11.3. The Hall–Kier alpha value is -4.13. The van der Waals surface area contributed by atoms with Gasteiger partial charge in [-0.25, -0.2) is 0 Å². The molecule has 0 aliphatic carbocycles. The van der Waals surface area contributed by atoms with E-state index in [1.165, 1.54) is 0 Å². The van der Waals surface area contributed by atoms with E-state index in [0.29, 0.717) is 23.4 Å². The van der Waals surface area contributed by atoms with Crippen LogP contribution in [0.4, 0.5) is 17.1 Å². The van der Waals surface area contributed by atoms with Gasteiger partial charge in [0.15, 0.2) is 0 Å². The van der Waals surface area contributed by atoms with Gasteiger partial charge in [-0.1, -0.05) is 18.2 Å². The summed E-state index contributed by atoms with van der Waals surface area (Å²) in [4.78, 5) is 39.2. The molecule has 3 amide bonds. The van der Waals surface area contributed by atoms with E-state index in [-0.39, 0.29) is 29.8 Å². The van der Waals surface area contributed by atoms with Crippen molar-refractivity contribution in [3.05, 3.63) is 90.0 Å². The first-order chi connectivity index (χ1) is 16.7. The minimum Gasteiger partial charge on any atom is -0.376 e. The maximum absolute atomic E-state index is 12.9. The third-order valence-corrected chi connectivity index (χ3v) is 5.13. The summed E-state index contributed by atoms with van der Waals surface area (Å²) in [6.45, 7) is 8.32. The topological polar surface area (TPSA) is 90.5 Å². The molecule has 0 aromatic heterocycles. The molecular formula is C28H32N4O3. The van der Waals surface area contributed by atoms with Crippen LogP contribution in [0.2, 0.25) is 0 Å². The van der Waals surface area contributed by atoms with Crippen LogP contribution in [0.5, 0.6) is 0 Å². The first kappa shape index (κ1) is 25.5. The zero-order valence-electron chi connectivity index (χ0n) is 20.6. The van der Waals surface area contributed by atoms with Gasteiger partial charge in [-0.3, -0.25) is 14.4 Å². The predicted octanol–water partition coefficient (Wildman–Crippen LogP) is 4.93. The molecule has 0 atom stereocenters. The van der Waals surface area contributed by atoms with Crippen LogP contribution < -0.4 is 20.9 Å². The number of carbonyl (C=O) groups is 3. The van der Waals surface area contributed by atoms with E-state index >= 15 is 0 Å². The molecule has 0 fully saturated rings. The fourth-order valence-corrected chi connectivity index (χ4v) is 3.44. The Balaban J connectivity index is 1.52. The van der Waals surface area contributed by atoms with Crippen molar-refractivity contribution in [1.82, 2.24) is 5.32 Å². The first-order valence-electron chi connectivity index (χ1n) is 11.6. The number of benzene rings is 3. The normalized spacial score (nSPS) is 10.9. The Morgan fingerprint density at radius 2 is 1.34 bits per heavy atom. The molecule has 0 bridgehead atoms. The molecule has 0 aliphatic heterocycles. The second-order valence-corrected chi connectivity index (χ2v) is 9.15. The van der Waals surface area contributed by atoms with Crippen molar-refractivity contribution in [2.45, 2.75) is 33.2 Å². The lowest BCUT2D eigenvalue weighted by Crippen LogP contribution is -2.40. The Bertz CT molecular complexity index is 1150. The molecule has 0 aliphatic rings. The Kier molecular flexibility index (Phi) is 8.25. The molecular weight excluding hydrogens is 440 g/mol. The van der Waals surface area contributed by atoms with Crippen LogP contribution in [0.15, 0.2) is 78.9 Å². The monoisotopic (exact) mass is 472 g/mol. The summed E-state index contributed by atoms with van der Waals surface area (Å²) in [6, 6.07) is 23.3. The van der Waals surface area contributed by atoms with E-state index in [0.717, 1.165) is 11.4 Å². The van der Waals surface area contributed by atoms with Gasteiger partial charge in [0.1, 0.15) is 0 Å². The Labute approximate surface area is 206 Å². The SMILES string of the molecule is CCN(C(=O)c1ccc(NC(=O)CNc2ccc(C(=O)NC(C)(C)C)cc2)cc1)c1ccccc1. The molecule has 3 rings (SSSR count). The molecule has 0 unspecified atom stereocenters. The van der Waals surface area contributed by atoms with Gasteiger partial charge in [0.05, 0.1) is 6.54 Å². The number of carbonyl (C=O) groups excluding carboxylic acids is 3. The third kappa shape index (κ3) is 7.43. The van der Waals surface area contributed by atoms with Gasteiger partial charge >= 0.3 is 0 Å². The lowest BCUT2D eigenvalue weighted by atomic mass is 10.1. The van der Waals surface area contributed by atoms with Crippen molar-refractivity contribution in [3.8, 4) is 0 Å². The van der Waals surface area contributed by atoms with Crippen LogP contribution in [0, 0.1) is 0 Å². The molecule has 0 heterocycles. The van der Waals surface area contributed by atoms with E-state index in [1.54, 1.807) is 53.4 Å². The molecule has 3 N–H and O–H groups in total. The van der Waals surface area contributed by atoms with Gasteiger partial charge < -0.3 is 20.9 Å². The Morgan fingerprint density at radius 3 is 1.91 bits per heavy atom. The first-order valence-corrected chi connectivity index (χ1v) is 11.6. The van der Waals surface area contributed by atoms with Crippen molar-refractivity contribution in [2.75, 3.05) is 28.6 Å². The number of nitrogens with one attached hydrogen (secondary N) is 3. The Morgan fingerprint density at radius 1 is 0.771 bits per heavy atom. The highest BCUT2D eigenvalue weighted by molar-refractivity contribution is 6.06. The van der Waals surface area contributed by atoms with Crippen molar-refractivity contribution < 1.29 is 14.4 Å². The fraction of sp³-hybridized carbons (Fsp3) is 0.250. The van der Waals surface area contributed by atoms with Crippen LogP contribution in [0.1, 0.15) is 48.4 Å². The summed E-state index contributed by atoms with van der Waals surface area (Å²) in [7, 11) is 0. The van der Waals surface area contributed by atoms with E-state index in [1.807, 2.05) is 58.0 Å². The highest BCUT2D eigenvalue weighted by Crippen LogP contribution is 2.18. The molecule has 0 radical (unpaired) electrons. The largest absolute Gasteiger partial charge is 0.376 e. The second-order valence-electron chi connectivity index (χ2n) is 9.15. The van der Waals surface area contributed by atoms with Gasteiger partial charge in [0.25, 0.3) is 11.8 Å². The van der Waals surface area contributed by atoms with Crippen LogP contribution in [0.25, 0.3) is 0 Å². The highest BCUT2D eigenvalue weighted by Gasteiger charge is 2.16. The average Bonchev–Trinajstić information content (AvgIpc) is 2.83. The standard InChI is InChI=1S/C28H32N4O3/c1-5-32(24-9-7-6-8-10-24)27(35)21-13-17-23(18-14-21)30-25(33)19-29-22-15-11-20(12-16-22)26(34)31-28(2,3)4/h6-18,29H,5,19H2,1-4H3,(H,30,33)(H,31,34). The molecule has 35 heavy (non-hydrogen) atoms. The predicted molar refractivity (Wildman–Crippen MR) is 141 cm³/mol. The van der Waals surface area contributed by atoms with E-state index in [4.69, 9.17) is 0 Å². The minimum absolute atomic E-state index is 0.0613. The molecule has 3 aromatic carbocycles. The summed E-state index contributed by atoms with van der Waals surface area (Å²) in [5.41, 5.74) is 2.96. The summed E-state index contributed by atoms with van der Waals surface area (Å²) >= 11 is 0. The molecule has 182 valence electrons. The summed E-state index contributed by atoms with van der Waals surface area (Å²) < 4.78 is 0. The van der Waals surface area contributed by atoms with Gasteiger partial charge in [0, 0.05) is 40.3 Å². The highest BCUT2D eigenvalue weighted by atomic mass is 16.2. The zero-order chi connectivity index (χ0) is 25.4.